The fourth-order valence-electron chi connectivity index (χ4n) is 1.81. The van der Waals surface area contributed by atoms with E-state index in [4.69, 9.17) is 0 Å². The first-order valence-electron chi connectivity index (χ1n) is 6.22. The van der Waals surface area contributed by atoms with Gasteiger partial charge in [-0.05, 0) is 18.4 Å². The van der Waals surface area contributed by atoms with E-state index in [0.717, 1.165) is 33.6 Å². The number of aryl methyl sites for hydroxylation is 1. The third kappa shape index (κ3) is 2.61. The van der Waals surface area contributed by atoms with Crippen molar-refractivity contribution in [2.24, 2.45) is 7.05 Å². The van der Waals surface area contributed by atoms with Gasteiger partial charge in [0.05, 0.1) is 11.1 Å². The third-order valence-corrected chi connectivity index (χ3v) is 4.55. The summed E-state index contributed by atoms with van der Waals surface area (Å²) in [5.41, 5.74) is 0. The van der Waals surface area contributed by atoms with Crippen LogP contribution < -0.4 is 5.32 Å². The Morgan fingerprint density at radius 2 is 2.30 bits per heavy atom. The van der Waals surface area contributed by atoms with E-state index in [1.54, 1.807) is 34.1 Å². The molecule has 3 heterocycles. The van der Waals surface area contributed by atoms with E-state index in [9.17, 15) is 0 Å². The summed E-state index contributed by atoms with van der Waals surface area (Å²) < 4.78 is 1.75. The molecule has 0 aliphatic heterocycles. The summed E-state index contributed by atoms with van der Waals surface area (Å²) in [6.45, 7) is 2.91. The number of hydrogen-bond donors (Lipinski definition) is 1. The predicted molar refractivity (Wildman–Crippen MR) is 82.1 cm³/mol. The molecule has 0 spiro atoms. The second-order valence-corrected chi connectivity index (χ2v) is 5.95. The molecule has 0 aromatic carbocycles. The van der Waals surface area contributed by atoms with Crippen LogP contribution >= 0.6 is 23.1 Å². The number of thioether (sulfide) groups is 1. The zero-order valence-corrected chi connectivity index (χ0v) is 12.8. The fraction of sp³-hybridized carbons (Fsp3) is 0.333. The van der Waals surface area contributed by atoms with Crippen LogP contribution in [-0.4, -0.2) is 31.3 Å². The van der Waals surface area contributed by atoms with Gasteiger partial charge in [-0.2, -0.15) is 5.10 Å². The number of nitrogens with one attached hydrogen (secondary N) is 1. The smallest absolute Gasteiger partial charge is 0.186 e. The van der Waals surface area contributed by atoms with E-state index in [1.165, 1.54) is 0 Å². The van der Waals surface area contributed by atoms with Crippen LogP contribution in [0.1, 0.15) is 12.7 Å². The van der Waals surface area contributed by atoms with Gasteiger partial charge in [0.1, 0.15) is 22.8 Å². The summed E-state index contributed by atoms with van der Waals surface area (Å²) in [6.07, 6.45) is 1.55. The molecule has 3 rings (SSSR count). The number of nitrogens with zero attached hydrogens (tertiary/aromatic N) is 5. The number of rotatable bonds is 5. The maximum atomic E-state index is 4.60. The fourth-order valence-corrected chi connectivity index (χ4v) is 3.34. The van der Waals surface area contributed by atoms with Gasteiger partial charge in [-0.3, -0.25) is 0 Å². The number of anilines is 1. The third-order valence-electron chi connectivity index (χ3n) is 2.72. The van der Waals surface area contributed by atoms with Gasteiger partial charge in [-0.15, -0.1) is 11.3 Å². The van der Waals surface area contributed by atoms with Crippen LogP contribution in [0.3, 0.4) is 0 Å². The van der Waals surface area contributed by atoms with Crippen molar-refractivity contribution in [2.45, 2.75) is 17.8 Å². The van der Waals surface area contributed by atoms with Crippen LogP contribution in [0.5, 0.6) is 0 Å². The summed E-state index contributed by atoms with van der Waals surface area (Å²) in [6, 6.07) is 2.05. The Labute approximate surface area is 124 Å². The quantitative estimate of drug-likeness (QED) is 0.731. The highest BCUT2D eigenvalue weighted by Gasteiger charge is 2.10. The van der Waals surface area contributed by atoms with E-state index in [2.05, 4.69) is 38.4 Å². The van der Waals surface area contributed by atoms with Crippen molar-refractivity contribution in [3.63, 3.8) is 0 Å². The van der Waals surface area contributed by atoms with Crippen molar-refractivity contribution in [1.29, 1.82) is 0 Å². The van der Waals surface area contributed by atoms with Crippen LogP contribution in [-0.2, 0) is 12.8 Å². The lowest BCUT2D eigenvalue weighted by Gasteiger charge is -2.06. The highest BCUT2D eigenvalue weighted by atomic mass is 32.2. The van der Waals surface area contributed by atoms with Gasteiger partial charge >= 0.3 is 0 Å². The molecule has 0 radical (unpaired) electrons. The standard InChI is InChI=1S/C12H14N6S2/c1-3-13-10-8-4-5-19-11(8)17-9(16-10)6-20-12-14-7-15-18(12)2/h4-5,7H,3,6H2,1-2H3,(H,13,16,17). The van der Waals surface area contributed by atoms with Crippen LogP contribution in [0.2, 0.25) is 0 Å². The summed E-state index contributed by atoms with van der Waals surface area (Å²) in [7, 11) is 1.88. The van der Waals surface area contributed by atoms with Gasteiger partial charge in [-0.25, -0.2) is 19.6 Å². The van der Waals surface area contributed by atoms with E-state index in [1.807, 2.05) is 12.4 Å². The normalized spacial score (nSPS) is 11.1. The zero-order valence-electron chi connectivity index (χ0n) is 11.2. The maximum Gasteiger partial charge on any atom is 0.186 e. The molecule has 3 aromatic heterocycles. The first kappa shape index (κ1) is 13.3. The van der Waals surface area contributed by atoms with Gasteiger partial charge in [0.2, 0.25) is 0 Å². The predicted octanol–water partition coefficient (Wildman–Crippen LogP) is 2.54. The average Bonchev–Trinajstić information content (AvgIpc) is 3.05. The lowest BCUT2D eigenvalue weighted by Crippen LogP contribution is -2.03. The Balaban J connectivity index is 1.85. The molecule has 0 aliphatic carbocycles. The molecule has 0 atom stereocenters. The Kier molecular flexibility index (Phi) is 3.83. The first-order valence-corrected chi connectivity index (χ1v) is 8.09. The minimum atomic E-state index is 0.679. The molecule has 0 saturated carbocycles. The van der Waals surface area contributed by atoms with Crippen LogP contribution in [0.4, 0.5) is 5.82 Å². The summed E-state index contributed by atoms with van der Waals surface area (Å²) in [5, 5.41) is 11.3. The minimum Gasteiger partial charge on any atom is -0.370 e. The summed E-state index contributed by atoms with van der Waals surface area (Å²) in [5.74, 6) is 2.40. The number of hydrogen-bond acceptors (Lipinski definition) is 7. The van der Waals surface area contributed by atoms with E-state index >= 15 is 0 Å². The highest BCUT2D eigenvalue weighted by Crippen LogP contribution is 2.27. The molecule has 0 amide bonds. The van der Waals surface area contributed by atoms with Gasteiger partial charge in [0.15, 0.2) is 5.16 Å². The lowest BCUT2D eigenvalue weighted by molar-refractivity contribution is 0.685. The Bertz CT molecular complexity index is 720. The van der Waals surface area contributed by atoms with Gasteiger partial charge < -0.3 is 5.32 Å². The molecular formula is C12H14N6S2. The SMILES string of the molecule is CCNc1nc(CSc2ncnn2C)nc2sccc12. The molecule has 3 aromatic rings. The molecule has 8 heteroatoms. The monoisotopic (exact) mass is 306 g/mol. The molecule has 0 fully saturated rings. The van der Waals surface area contributed by atoms with Crippen molar-refractivity contribution in [2.75, 3.05) is 11.9 Å². The van der Waals surface area contributed by atoms with Crippen molar-refractivity contribution in [3.8, 4) is 0 Å². The van der Waals surface area contributed by atoms with E-state index in [-0.39, 0.29) is 0 Å². The molecule has 0 aliphatic rings. The minimum absolute atomic E-state index is 0.679. The number of fused-ring (bicyclic) bond motifs is 1. The van der Waals surface area contributed by atoms with E-state index in [0.29, 0.717) is 5.75 Å². The Morgan fingerprint density at radius 3 is 3.05 bits per heavy atom. The molecule has 0 saturated heterocycles. The zero-order chi connectivity index (χ0) is 13.9. The molecule has 1 N–H and O–H groups in total. The van der Waals surface area contributed by atoms with E-state index < -0.39 is 0 Å². The second kappa shape index (κ2) is 5.76. The molecule has 0 unspecified atom stereocenters. The number of thiophene rings is 1. The molecule has 104 valence electrons. The van der Waals surface area contributed by atoms with Gasteiger partial charge in [-0.1, -0.05) is 11.8 Å². The Hall–Kier alpha value is -1.67. The first-order chi connectivity index (χ1) is 9.78. The van der Waals surface area contributed by atoms with Crippen LogP contribution in [0.25, 0.3) is 10.2 Å². The summed E-state index contributed by atoms with van der Waals surface area (Å²) >= 11 is 3.22. The van der Waals surface area contributed by atoms with Crippen LogP contribution in [0.15, 0.2) is 22.9 Å². The van der Waals surface area contributed by atoms with Crippen molar-refractivity contribution >= 4 is 39.1 Å². The van der Waals surface area contributed by atoms with Gasteiger partial charge in [0.25, 0.3) is 0 Å². The maximum absolute atomic E-state index is 4.60. The molecule has 0 bridgehead atoms. The van der Waals surface area contributed by atoms with Crippen molar-refractivity contribution < 1.29 is 0 Å². The summed E-state index contributed by atoms with van der Waals surface area (Å²) in [4.78, 5) is 14.4. The van der Waals surface area contributed by atoms with Gasteiger partial charge in [0, 0.05) is 13.6 Å². The lowest BCUT2D eigenvalue weighted by atomic mass is 10.3. The molecule has 6 nitrogen and oxygen atoms in total. The van der Waals surface area contributed by atoms with Crippen molar-refractivity contribution in [1.82, 2.24) is 24.7 Å². The molecular weight excluding hydrogens is 292 g/mol. The topological polar surface area (TPSA) is 68.5 Å². The van der Waals surface area contributed by atoms with Crippen molar-refractivity contribution in [3.05, 3.63) is 23.6 Å². The number of aromatic nitrogens is 5. The average molecular weight is 306 g/mol. The highest BCUT2D eigenvalue weighted by molar-refractivity contribution is 7.98. The Morgan fingerprint density at radius 1 is 1.40 bits per heavy atom. The molecule has 20 heavy (non-hydrogen) atoms. The second-order valence-electron chi connectivity index (χ2n) is 4.11. The largest absolute Gasteiger partial charge is 0.370 e. The van der Waals surface area contributed by atoms with Crippen LogP contribution in [0, 0.1) is 0 Å².